The molecule has 78 valence electrons. The topological polar surface area (TPSA) is 43.7 Å². The minimum Gasteiger partial charge on any atom is -0.396 e. The van der Waals surface area contributed by atoms with Crippen molar-refractivity contribution in [3.05, 3.63) is 0 Å². The van der Waals surface area contributed by atoms with E-state index in [4.69, 9.17) is 5.11 Å². The summed E-state index contributed by atoms with van der Waals surface area (Å²) >= 11 is 0. The maximum absolute atomic E-state index is 9.29. The molecule has 3 heteroatoms. The van der Waals surface area contributed by atoms with Gasteiger partial charge in [-0.15, -0.1) is 0 Å². The molecule has 1 saturated carbocycles. The molecule has 2 N–H and O–H groups in total. The number of aliphatic hydroxyl groups excluding tert-OH is 2. The zero-order valence-electron chi connectivity index (χ0n) is 8.45. The Morgan fingerprint density at radius 3 is 2.54 bits per heavy atom. The van der Waals surface area contributed by atoms with E-state index in [-0.39, 0.29) is 12.7 Å². The molecule has 0 bridgehead atoms. The van der Waals surface area contributed by atoms with Crippen molar-refractivity contribution in [2.75, 3.05) is 19.7 Å². The van der Waals surface area contributed by atoms with Gasteiger partial charge >= 0.3 is 0 Å². The molecule has 13 heavy (non-hydrogen) atoms. The summed E-state index contributed by atoms with van der Waals surface area (Å²) in [7, 11) is 0. The van der Waals surface area contributed by atoms with Crippen molar-refractivity contribution in [2.24, 2.45) is 0 Å². The van der Waals surface area contributed by atoms with Crippen LogP contribution in [0.4, 0.5) is 0 Å². The van der Waals surface area contributed by atoms with E-state index in [1.54, 1.807) is 0 Å². The number of hydrogen-bond donors (Lipinski definition) is 2. The molecule has 1 aliphatic carbocycles. The van der Waals surface area contributed by atoms with E-state index in [2.05, 4.69) is 4.90 Å². The van der Waals surface area contributed by atoms with E-state index in [9.17, 15) is 5.11 Å². The average Bonchev–Trinajstić information content (AvgIpc) is 1.95. The lowest BCUT2D eigenvalue weighted by molar-refractivity contribution is 0.0616. The largest absolute Gasteiger partial charge is 0.396 e. The Bertz CT molecular complexity index is 135. The zero-order chi connectivity index (χ0) is 9.68. The van der Waals surface area contributed by atoms with Crippen LogP contribution in [0.1, 0.15) is 32.6 Å². The smallest absolute Gasteiger partial charge is 0.0639 e. The maximum atomic E-state index is 9.29. The quantitative estimate of drug-likeness (QED) is 0.640. The molecule has 0 radical (unpaired) electrons. The molecule has 0 heterocycles. The Morgan fingerprint density at radius 1 is 1.46 bits per heavy atom. The standard InChI is InChI=1S/C10H21NO2/c1-9(13)8-11(6-3-7-12)10-4-2-5-10/h9-10,12-13H,2-8H2,1H3/t9-/m0/s1. The van der Waals surface area contributed by atoms with Crippen LogP contribution in [-0.2, 0) is 0 Å². The summed E-state index contributed by atoms with van der Waals surface area (Å²) in [4.78, 5) is 2.31. The number of nitrogens with zero attached hydrogens (tertiary/aromatic N) is 1. The van der Waals surface area contributed by atoms with Gasteiger partial charge in [0.15, 0.2) is 0 Å². The summed E-state index contributed by atoms with van der Waals surface area (Å²) < 4.78 is 0. The van der Waals surface area contributed by atoms with Crippen LogP contribution in [0.15, 0.2) is 0 Å². The molecule has 0 aromatic rings. The van der Waals surface area contributed by atoms with Gasteiger partial charge < -0.3 is 10.2 Å². The van der Waals surface area contributed by atoms with Crippen molar-refractivity contribution in [1.82, 2.24) is 4.90 Å². The van der Waals surface area contributed by atoms with Crippen LogP contribution in [0.25, 0.3) is 0 Å². The van der Waals surface area contributed by atoms with E-state index in [1.807, 2.05) is 6.92 Å². The van der Waals surface area contributed by atoms with Crippen molar-refractivity contribution in [2.45, 2.75) is 44.8 Å². The first-order valence-electron chi connectivity index (χ1n) is 5.27. The van der Waals surface area contributed by atoms with E-state index in [0.717, 1.165) is 19.5 Å². The first-order valence-corrected chi connectivity index (χ1v) is 5.27. The molecule has 0 amide bonds. The fraction of sp³-hybridized carbons (Fsp3) is 1.00. The van der Waals surface area contributed by atoms with Gasteiger partial charge in [-0.25, -0.2) is 0 Å². The lowest BCUT2D eigenvalue weighted by Gasteiger charge is -2.38. The zero-order valence-corrected chi connectivity index (χ0v) is 8.45. The minimum absolute atomic E-state index is 0.251. The molecular formula is C10H21NO2. The molecule has 0 aliphatic heterocycles. The van der Waals surface area contributed by atoms with Crippen molar-refractivity contribution >= 4 is 0 Å². The normalized spacial score (nSPS) is 20.3. The summed E-state index contributed by atoms with van der Waals surface area (Å²) in [5.74, 6) is 0. The lowest BCUT2D eigenvalue weighted by Crippen LogP contribution is -2.44. The van der Waals surface area contributed by atoms with Gasteiger partial charge in [0, 0.05) is 25.7 Å². The maximum Gasteiger partial charge on any atom is 0.0639 e. The highest BCUT2D eigenvalue weighted by Gasteiger charge is 2.24. The van der Waals surface area contributed by atoms with Gasteiger partial charge in [-0.1, -0.05) is 6.42 Å². The minimum atomic E-state index is -0.251. The molecule has 3 nitrogen and oxygen atoms in total. The second kappa shape index (κ2) is 5.58. The number of aliphatic hydroxyl groups is 2. The third-order valence-electron chi connectivity index (χ3n) is 2.69. The number of hydrogen-bond acceptors (Lipinski definition) is 3. The summed E-state index contributed by atoms with van der Waals surface area (Å²) in [5, 5.41) is 18.0. The highest BCUT2D eigenvalue weighted by atomic mass is 16.3. The summed E-state index contributed by atoms with van der Waals surface area (Å²) in [6, 6.07) is 0.668. The van der Waals surface area contributed by atoms with E-state index in [0.29, 0.717) is 6.04 Å². The predicted octanol–water partition coefficient (Wildman–Crippen LogP) is 0.604. The molecule has 0 saturated heterocycles. The highest BCUT2D eigenvalue weighted by molar-refractivity contribution is 4.80. The Kier molecular flexibility index (Phi) is 4.70. The molecule has 1 rings (SSSR count). The molecular weight excluding hydrogens is 166 g/mol. The Balaban J connectivity index is 2.24. The van der Waals surface area contributed by atoms with Crippen LogP contribution in [0.5, 0.6) is 0 Å². The highest BCUT2D eigenvalue weighted by Crippen LogP contribution is 2.24. The van der Waals surface area contributed by atoms with Crippen molar-refractivity contribution < 1.29 is 10.2 Å². The van der Waals surface area contributed by atoms with Gasteiger partial charge in [-0.2, -0.15) is 0 Å². The lowest BCUT2D eigenvalue weighted by atomic mass is 9.91. The first kappa shape index (κ1) is 11.0. The van der Waals surface area contributed by atoms with Gasteiger partial charge in [0.1, 0.15) is 0 Å². The van der Waals surface area contributed by atoms with Gasteiger partial charge in [0.2, 0.25) is 0 Å². The SMILES string of the molecule is C[C@H](O)CN(CCCO)C1CCC1. The van der Waals surface area contributed by atoms with Crippen LogP contribution in [0, 0.1) is 0 Å². The van der Waals surface area contributed by atoms with Crippen LogP contribution in [0.2, 0.25) is 0 Å². The van der Waals surface area contributed by atoms with Gasteiger partial charge in [-0.3, -0.25) is 4.90 Å². The van der Waals surface area contributed by atoms with Crippen LogP contribution in [0.3, 0.4) is 0 Å². The molecule has 1 aliphatic rings. The first-order chi connectivity index (χ1) is 6.24. The monoisotopic (exact) mass is 187 g/mol. The second-order valence-electron chi connectivity index (χ2n) is 4.01. The van der Waals surface area contributed by atoms with Gasteiger partial charge in [-0.05, 0) is 26.2 Å². The molecule has 1 atom stereocenters. The average molecular weight is 187 g/mol. The van der Waals surface area contributed by atoms with Crippen LogP contribution < -0.4 is 0 Å². The van der Waals surface area contributed by atoms with Crippen molar-refractivity contribution in [1.29, 1.82) is 0 Å². The van der Waals surface area contributed by atoms with Gasteiger partial charge in [0.25, 0.3) is 0 Å². The van der Waals surface area contributed by atoms with Crippen LogP contribution >= 0.6 is 0 Å². The third-order valence-corrected chi connectivity index (χ3v) is 2.69. The van der Waals surface area contributed by atoms with E-state index < -0.39 is 0 Å². The fourth-order valence-corrected chi connectivity index (χ4v) is 1.79. The molecule has 0 aromatic heterocycles. The summed E-state index contributed by atoms with van der Waals surface area (Å²) in [6.07, 6.45) is 4.42. The Hall–Kier alpha value is -0.120. The summed E-state index contributed by atoms with van der Waals surface area (Å²) in [5.41, 5.74) is 0. The molecule has 1 fully saturated rings. The van der Waals surface area contributed by atoms with Crippen molar-refractivity contribution in [3.63, 3.8) is 0 Å². The molecule has 0 unspecified atom stereocenters. The second-order valence-corrected chi connectivity index (χ2v) is 4.01. The number of rotatable bonds is 6. The van der Waals surface area contributed by atoms with Crippen LogP contribution in [-0.4, -0.2) is 47.0 Å². The molecule has 0 aromatic carbocycles. The fourth-order valence-electron chi connectivity index (χ4n) is 1.79. The Labute approximate surface area is 80.4 Å². The van der Waals surface area contributed by atoms with E-state index in [1.165, 1.54) is 19.3 Å². The van der Waals surface area contributed by atoms with E-state index >= 15 is 0 Å². The predicted molar refractivity (Wildman–Crippen MR) is 52.6 cm³/mol. The summed E-state index contributed by atoms with van der Waals surface area (Å²) in [6.45, 7) is 3.75. The third kappa shape index (κ3) is 3.63. The van der Waals surface area contributed by atoms with Crippen molar-refractivity contribution in [3.8, 4) is 0 Å². The Morgan fingerprint density at radius 2 is 2.15 bits per heavy atom. The molecule has 0 spiro atoms. The van der Waals surface area contributed by atoms with Gasteiger partial charge in [0.05, 0.1) is 6.10 Å².